The first-order valence-electron chi connectivity index (χ1n) is 12.0. The molecule has 36 heavy (non-hydrogen) atoms. The van der Waals surface area contributed by atoms with E-state index in [2.05, 4.69) is 34.4 Å². The van der Waals surface area contributed by atoms with Crippen LogP contribution in [0.3, 0.4) is 0 Å². The summed E-state index contributed by atoms with van der Waals surface area (Å²) in [6.07, 6.45) is 3.77. The number of amides is 1. The van der Waals surface area contributed by atoms with Gasteiger partial charge in [0, 0.05) is 36.0 Å². The van der Waals surface area contributed by atoms with Crippen molar-refractivity contribution in [2.24, 2.45) is 0 Å². The fourth-order valence-electron chi connectivity index (χ4n) is 4.63. The third kappa shape index (κ3) is 3.82. The number of carbonyl (C=O) groups excluding carboxylic acids is 1. The summed E-state index contributed by atoms with van der Waals surface area (Å²) < 4.78 is 11.7. The first-order valence-corrected chi connectivity index (χ1v) is 12.3. The molecule has 1 unspecified atom stereocenters. The normalized spacial score (nSPS) is 17.9. The van der Waals surface area contributed by atoms with Gasteiger partial charge in [0.2, 0.25) is 5.88 Å². The van der Waals surface area contributed by atoms with E-state index in [4.69, 9.17) is 26.1 Å². The molecular weight excluding hydrogens is 478 g/mol. The zero-order valence-electron chi connectivity index (χ0n) is 20.2. The highest BCUT2D eigenvalue weighted by Crippen LogP contribution is 2.44. The number of H-pyrrole nitrogens is 1. The Morgan fingerprint density at radius 2 is 2.03 bits per heavy atom. The Balaban J connectivity index is 1.56. The van der Waals surface area contributed by atoms with Crippen LogP contribution in [0, 0.1) is 0 Å². The van der Waals surface area contributed by atoms with Crippen LogP contribution in [0.1, 0.15) is 48.7 Å². The standard InChI is InChI=1S/C27H26ClN5O3/c1-14-13-30-26(34)20-21(14)33-23(24(20)31-18-6-4-5-16(28)25(18)35-3)15-9-12-29-17-7-8-19(32-22(15)17)36-27(2)10-11-27/h4-9,12,14,31,33H,10-11,13H2,1-3H3,(H,30,34). The van der Waals surface area contributed by atoms with Crippen molar-refractivity contribution in [3.8, 4) is 22.9 Å². The predicted octanol–water partition coefficient (Wildman–Crippen LogP) is 5.81. The molecule has 6 rings (SSSR count). The van der Waals surface area contributed by atoms with Crippen LogP contribution >= 0.6 is 11.6 Å². The molecule has 1 amide bonds. The molecule has 3 N–H and O–H groups in total. The molecule has 3 aromatic heterocycles. The fourth-order valence-corrected chi connectivity index (χ4v) is 4.89. The second kappa shape index (κ2) is 8.41. The number of fused-ring (bicyclic) bond motifs is 2. The number of benzene rings is 1. The minimum Gasteiger partial charge on any atom is -0.493 e. The first kappa shape index (κ1) is 22.7. The molecule has 4 heterocycles. The van der Waals surface area contributed by atoms with E-state index in [0.717, 1.165) is 35.3 Å². The molecule has 0 saturated heterocycles. The quantitative estimate of drug-likeness (QED) is 0.307. The number of hydrogen-bond donors (Lipinski definition) is 3. The molecule has 1 aromatic carbocycles. The number of nitrogens with zero attached hydrogens (tertiary/aromatic N) is 2. The highest BCUT2D eigenvalue weighted by Gasteiger charge is 2.40. The Morgan fingerprint density at radius 1 is 1.19 bits per heavy atom. The number of anilines is 2. The topological polar surface area (TPSA) is 101 Å². The second-order valence-electron chi connectivity index (χ2n) is 9.65. The molecule has 2 aliphatic rings. The van der Waals surface area contributed by atoms with Gasteiger partial charge in [0.15, 0.2) is 5.75 Å². The van der Waals surface area contributed by atoms with E-state index in [-0.39, 0.29) is 17.4 Å². The first-order chi connectivity index (χ1) is 17.4. The molecular formula is C27H26ClN5O3. The fraction of sp³-hybridized carbons (Fsp3) is 0.296. The van der Waals surface area contributed by atoms with Crippen molar-refractivity contribution in [1.82, 2.24) is 20.3 Å². The summed E-state index contributed by atoms with van der Waals surface area (Å²) in [5.74, 6) is 1.01. The second-order valence-corrected chi connectivity index (χ2v) is 10.1. The lowest BCUT2D eigenvalue weighted by atomic mass is 9.98. The number of ether oxygens (including phenoxy) is 2. The van der Waals surface area contributed by atoms with E-state index in [1.54, 1.807) is 19.4 Å². The minimum absolute atomic E-state index is 0.100. The van der Waals surface area contributed by atoms with Crippen LogP contribution in [-0.4, -0.2) is 40.1 Å². The third-order valence-corrected chi connectivity index (χ3v) is 7.18. The number of methoxy groups -OCH3 is 1. The Kier molecular flexibility index (Phi) is 5.30. The maximum atomic E-state index is 13.1. The van der Waals surface area contributed by atoms with Crippen LogP contribution in [0.2, 0.25) is 5.02 Å². The number of hydrogen-bond acceptors (Lipinski definition) is 6. The number of nitrogens with one attached hydrogen (secondary N) is 3. The lowest BCUT2D eigenvalue weighted by molar-refractivity contribution is 0.0942. The van der Waals surface area contributed by atoms with Crippen LogP contribution in [0.25, 0.3) is 22.3 Å². The van der Waals surface area contributed by atoms with Crippen molar-refractivity contribution < 1.29 is 14.3 Å². The van der Waals surface area contributed by atoms with E-state index >= 15 is 0 Å². The van der Waals surface area contributed by atoms with Gasteiger partial charge >= 0.3 is 0 Å². The van der Waals surface area contributed by atoms with Gasteiger partial charge in [0.1, 0.15) is 11.1 Å². The molecule has 1 fully saturated rings. The van der Waals surface area contributed by atoms with Crippen LogP contribution in [0.15, 0.2) is 42.6 Å². The summed E-state index contributed by atoms with van der Waals surface area (Å²) in [5, 5.41) is 6.90. The Hall–Kier alpha value is -3.78. The van der Waals surface area contributed by atoms with Gasteiger partial charge in [-0.25, -0.2) is 4.98 Å². The SMILES string of the molecule is COc1c(Cl)cccc1Nc1c(-c2ccnc3ccc(OC4(C)CC4)nc23)[nH]c2c1C(=O)NCC2C. The van der Waals surface area contributed by atoms with Crippen LogP contribution in [0.4, 0.5) is 11.4 Å². The van der Waals surface area contributed by atoms with E-state index in [1.165, 1.54) is 0 Å². The van der Waals surface area contributed by atoms with Crippen molar-refractivity contribution in [2.45, 2.75) is 38.2 Å². The zero-order valence-corrected chi connectivity index (χ0v) is 21.0. The average molecular weight is 504 g/mol. The Morgan fingerprint density at radius 3 is 2.81 bits per heavy atom. The minimum atomic E-state index is -0.155. The van der Waals surface area contributed by atoms with Gasteiger partial charge in [-0.15, -0.1) is 0 Å². The molecule has 1 aliphatic heterocycles. The van der Waals surface area contributed by atoms with Crippen LogP contribution < -0.4 is 20.1 Å². The monoisotopic (exact) mass is 503 g/mol. The Labute approximate surface area is 213 Å². The van der Waals surface area contributed by atoms with Gasteiger partial charge in [-0.05, 0) is 44.0 Å². The van der Waals surface area contributed by atoms with Crippen molar-refractivity contribution >= 4 is 39.9 Å². The van der Waals surface area contributed by atoms with E-state index in [1.807, 2.05) is 30.3 Å². The summed E-state index contributed by atoms with van der Waals surface area (Å²) in [7, 11) is 1.57. The van der Waals surface area contributed by atoms with Gasteiger partial charge in [-0.2, -0.15) is 0 Å². The van der Waals surface area contributed by atoms with Gasteiger partial charge in [0.25, 0.3) is 5.91 Å². The van der Waals surface area contributed by atoms with Gasteiger partial charge < -0.3 is 25.1 Å². The molecule has 9 heteroatoms. The zero-order chi connectivity index (χ0) is 25.0. The van der Waals surface area contributed by atoms with Crippen molar-refractivity contribution in [3.05, 3.63) is 58.9 Å². The molecule has 8 nitrogen and oxygen atoms in total. The number of carbonyl (C=O) groups is 1. The summed E-state index contributed by atoms with van der Waals surface area (Å²) in [5.41, 5.74) is 5.51. The maximum Gasteiger partial charge on any atom is 0.255 e. The molecule has 184 valence electrons. The molecule has 1 saturated carbocycles. The largest absolute Gasteiger partial charge is 0.493 e. The van der Waals surface area contributed by atoms with Crippen molar-refractivity contribution in [3.63, 3.8) is 0 Å². The molecule has 4 aromatic rings. The lowest BCUT2D eigenvalue weighted by Crippen LogP contribution is -2.33. The Bertz CT molecular complexity index is 1510. The summed E-state index contributed by atoms with van der Waals surface area (Å²) >= 11 is 6.39. The lowest BCUT2D eigenvalue weighted by Gasteiger charge is -2.20. The molecule has 0 spiro atoms. The van der Waals surface area contributed by atoms with Crippen molar-refractivity contribution in [2.75, 3.05) is 19.0 Å². The number of aromatic amines is 1. The summed E-state index contributed by atoms with van der Waals surface area (Å²) in [4.78, 5) is 26.0. The molecule has 0 bridgehead atoms. The van der Waals surface area contributed by atoms with Gasteiger partial charge in [0.05, 0.1) is 40.3 Å². The predicted molar refractivity (Wildman–Crippen MR) is 140 cm³/mol. The molecule has 1 atom stereocenters. The average Bonchev–Trinajstić information content (AvgIpc) is 3.46. The number of rotatable bonds is 6. The van der Waals surface area contributed by atoms with E-state index in [9.17, 15) is 4.79 Å². The smallest absolute Gasteiger partial charge is 0.255 e. The van der Waals surface area contributed by atoms with Gasteiger partial charge in [-0.1, -0.05) is 24.6 Å². The highest BCUT2D eigenvalue weighted by atomic mass is 35.5. The number of halogens is 1. The number of para-hydroxylation sites is 1. The van der Waals surface area contributed by atoms with Crippen LogP contribution in [0.5, 0.6) is 11.6 Å². The molecule has 0 radical (unpaired) electrons. The molecule has 1 aliphatic carbocycles. The van der Waals surface area contributed by atoms with E-state index < -0.39 is 0 Å². The van der Waals surface area contributed by atoms with Crippen molar-refractivity contribution in [1.29, 1.82) is 0 Å². The van der Waals surface area contributed by atoms with Crippen LogP contribution in [-0.2, 0) is 0 Å². The van der Waals surface area contributed by atoms with Gasteiger partial charge in [-0.3, -0.25) is 9.78 Å². The third-order valence-electron chi connectivity index (χ3n) is 6.88. The maximum absolute atomic E-state index is 13.1. The number of aromatic nitrogens is 3. The summed E-state index contributed by atoms with van der Waals surface area (Å²) in [6.45, 7) is 4.72. The van der Waals surface area contributed by atoms with E-state index in [0.29, 0.717) is 45.7 Å². The summed E-state index contributed by atoms with van der Waals surface area (Å²) in [6, 6.07) is 11.1. The highest BCUT2D eigenvalue weighted by molar-refractivity contribution is 6.32. The number of pyridine rings is 2.